The summed E-state index contributed by atoms with van der Waals surface area (Å²) in [6.07, 6.45) is 0. The van der Waals surface area contributed by atoms with Crippen LogP contribution in [0, 0.1) is 0 Å². The maximum atomic E-state index is 13.3. The van der Waals surface area contributed by atoms with Crippen molar-refractivity contribution in [1.82, 2.24) is 19.9 Å². The Morgan fingerprint density at radius 2 is 1.82 bits per heavy atom. The van der Waals surface area contributed by atoms with Gasteiger partial charge in [-0.25, -0.2) is 9.50 Å². The second-order valence-electron chi connectivity index (χ2n) is 9.17. The van der Waals surface area contributed by atoms with Crippen molar-refractivity contribution in [2.45, 2.75) is 32.7 Å². The van der Waals surface area contributed by atoms with Crippen molar-refractivity contribution in [3.63, 3.8) is 0 Å². The number of benzene rings is 2. The van der Waals surface area contributed by atoms with E-state index in [2.05, 4.69) is 26.1 Å². The van der Waals surface area contributed by atoms with Crippen molar-refractivity contribution in [3.8, 4) is 28.5 Å². The predicted molar refractivity (Wildman–Crippen MR) is 127 cm³/mol. The summed E-state index contributed by atoms with van der Waals surface area (Å²) in [6.45, 7) is 6.80. The van der Waals surface area contributed by atoms with Gasteiger partial charge in [-0.15, -0.1) is 0 Å². The maximum Gasteiger partial charge on any atom is 0.270 e. The number of rotatable bonds is 5. The Balaban J connectivity index is 1.50. The third-order valence-electron chi connectivity index (χ3n) is 5.70. The van der Waals surface area contributed by atoms with Crippen molar-refractivity contribution < 1.29 is 19.0 Å². The van der Waals surface area contributed by atoms with Gasteiger partial charge in [0.2, 0.25) is 6.79 Å². The van der Waals surface area contributed by atoms with E-state index >= 15 is 0 Å². The summed E-state index contributed by atoms with van der Waals surface area (Å²) in [5.41, 5.74) is 4.17. The largest absolute Gasteiger partial charge is 0.497 e. The molecule has 0 aliphatic carbocycles. The van der Waals surface area contributed by atoms with Gasteiger partial charge in [-0.3, -0.25) is 4.79 Å². The van der Waals surface area contributed by atoms with Crippen molar-refractivity contribution in [2.24, 2.45) is 0 Å². The van der Waals surface area contributed by atoms with Gasteiger partial charge in [0.15, 0.2) is 17.1 Å². The Bertz CT molecular complexity index is 1370. The summed E-state index contributed by atoms with van der Waals surface area (Å²) in [5.74, 6) is 1.90. The number of hydrogen-bond donors (Lipinski definition) is 1. The van der Waals surface area contributed by atoms with Crippen molar-refractivity contribution in [2.75, 3.05) is 13.9 Å². The first-order chi connectivity index (χ1) is 16.3. The number of methoxy groups -OCH3 is 1. The highest BCUT2D eigenvalue weighted by Crippen LogP contribution is 2.32. The zero-order valence-electron chi connectivity index (χ0n) is 19.6. The monoisotopic (exact) mass is 458 g/mol. The third kappa shape index (κ3) is 4.14. The van der Waals surface area contributed by atoms with Crippen molar-refractivity contribution >= 4 is 11.6 Å². The second-order valence-corrected chi connectivity index (χ2v) is 9.17. The maximum absolute atomic E-state index is 13.3. The molecule has 8 nitrogen and oxygen atoms in total. The van der Waals surface area contributed by atoms with E-state index < -0.39 is 0 Å². The molecule has 2 aromatic carbocycles. The van der Waals surface area contributed by atoms with Gasteiger partial charge < -0.3 is 19.5 Å². The Kier molecular flexibility index (Phi) is 5.36. The standard InChI is InChI=1S/C26H26N4O4/c1-26(2,3)23-13-24-28-19(17-6-8-18(32-4)9-7-17)12-20(30(24)29-23)25(31)27-14-16-5-10-21-22(11-16)34-15-33-21/h5-13H,14-15H2,1-4H3,(H,27,31). The molecule has 0 radical (unpaired) electrons. The fourth-order valence-corrected chi connectivity index (χ4v) is 3.74. The average molecular weight is 459 g/mol. The smallest absolute Gasteiger partial charge is 0.270 e. The third-order valence-corrected chi connectivity index (χ3v) is 5.70. The van der Waals surface area contributed by atoms with E-state index in [1.165, 1.54) is 0 Å². The highest BCUT2D eigenvalue weighted by molar-refractivity contribution is 5.94. The second kappa shape index (κ2) is 8.37. The molecule has 8 heteroatoms. The summed E-state index contributed by atoms with van der Waals surface area (Å²) in [5, 5.41) is 7.71. The molecule has 174 valence electrons. The van der Waals surface area contributed by atoms with Gasteiger partial charge in [0.05, 0.1) is 18.5 Å². The van der Waals surface area contributed by atoms with Crippen LogP contribution >= 0.6 is 0 Å². The predicted octanol–water partition coefficient (Wildman–Crippen LogP) is 4.36. The molecule has 0 bridgehead atoms. The average Bonchev–Trinajstić information content (AvgIpc) is 3.48. The number of aromatic nitrogens is 3. The van der Waals surface area contributed by atoms with E-state index in [1.54, 1.807) is 17.7 Å². The summed E-state index contributed by atoms with van der Waals surface area (Å²) in [6, 6.07) is 16.9. The van der Waals surface area contributed by atoms with Gasteiger partial charge in [-0.1, -0.05) is 26.8 Å². The van der Waals surface area contributed by atoms with Crippen LogP contribution in [0.15, 0.2) is 54.6 Å². The van der Waals surface area contributed by atoms with Crippen LogP contribution in [-0.2, 0) is 12.0 Å². The van der Waals surface area contributed by atoms with Crippen LogP contribution < -0.4 is 19.5 Å². The first kappa shape index (κ1) is 21.8. The Morgan fingerprint density at radius 1 is 1.06 bits per heavy atom. The lowest BCUT2D eigenvalue weighted by Gasteiger charge is -2.13. The number of carbonyl (C=O) groups is 1. The van der Waals surface area contributed by atoms with Crippen LogP contribution in [0.5, 0.6) is 17.2 Å². The van der Waals surface area contributed by atoms with Crippen LogP contribution in [0.3, 0.4) is 0 Å². The minimum Gasteiger partial charge on any atom is -0.497 e. The van der Waals surface area contributed by atoms with Crippen LogP contribution in [-0.4, -0.2) is 34.4 Å². The van der Waals surface area contributed by atoms with E-state index in [4.69, 9.17) is 24.3 Å². The highest BCUT2D eigenvalue weighted by Gasteiger charge is 2.22. The van der Waals surface area contributed by atoms with Gasteiger partial charge in [0.25, 0.3) is 5.91 Å². The molecule has 1 aliphatic rings. The number of nitrogens with zero attached hydrogens (tertiary/aromatic N) is 3. The van der Waals surface area contributed by atoms with E-state index in [0.29, 0.717) is 35.1 Å². The first-order valence-electron chi connectivity index (χ1n) is 11.0. The van der Waals surface area contributed by atoms with Gasteiger partial charge in [0, 0.05) is 23.6 Å². The van der Waals surface area contributed by atoms with Gasteiger partial charge in [-0.2, -0.15) is 5.10 Å². The van der Waals surface area contributed by atoms with E-state index in [9.17, 15) is 4.79 Å². The molecular weight excluding hydrogens is 432 g/mol. The lowest BCUT2D eigenvalue weighted by molar-refractivity contribution is 0.0943. The number of carbonyl (C=O) groups excluding carboxylic acids is 1. The van der Waals surface area contributed by atoms with Crippen LogP contribution in [0.1, 0.15) is 42.5 Å². The fraction of sp³-hybridized carbons (Fsp3) is 0.269. The van der Waals surface area contributed by atoms with Crippen LogP contribution in [0.2, 0.25) is 0 Å². The molecule has 4 aromatic rings. The summed E-state index contributed by atoms with van der Waals surface area (Å²) >= 11 is 0. The molecule has 0 spiro atoms. The van der Waals surface area contributed by atoms with Crippen molar-refractivity contribution in [3.05, 3.63) is 71.5 Å². The minimum absolute atomic E-state index is 0.186. The summed E-state index contributed by atoms with van der Waals surface area (Å²) in [7, 11) is 1.63. The molecule has 2 aromatic heterocycles. The minimum atomic E-state index is -0.247. The molecule has 34 heavy (non-hydrogen) atoms. The van der Waals surface area contributed by atoms with E-state index in [0.717, 1.165) is 22.6 Å². The Hall–Kier alpha value is -4.07. The Morgan fingerprint density at radius 3 is 2.56 bits per heavy atom. The highest BCUT2D eigenvalue weighted by atomic mass is 16.7. The molecule has 0 saturated carbocycles. The zero-order valence-corrected chi connectivity index (χ0v) is 19.6. The first-order valence-corrected chi connectivity index (χ1v) is 11.0. The molecule has 0 saturated heterocycles. The van der Waals surface area contributed by atoms with Gasteiger partial charge >= 0.3 is 0 Å². The van der Waals surface area contributed by atoms with E-state index in [-0.39, 0.29) is 18.1 Å². The molecular formula is C26H26N4O4. The van der Waals surface area contributed by atoms with Gasteiger partial charge in [0.1, 0.15) is 11.4 Å². The summed E-state index contributed by atoms with van der Waals surface area (Å²) < 4.78 is 17.7. The number of amides is 1. The fourth-order valence-electron chi connectivity index (χ4n) is 3.74. The van der Waals surface area contributed by atoms with Crippen LogP contribution in [0.25, 0.3) is 16.9 Å². The number of ether oxygens (including phenoxy) is 3. The molecule has 1 amide bonds. The topological polar surface area (TPSA) is 87.0 Å². The lowest BCUT2D eigenvalue weighted by Crippen LogP contribution is -2.26. The van der Waals surface area contributed by atoms with E-state index in [1.807, 2.05) is 48.5 Å². The molecule has 1 N–H and O–H groups in total. The summed E-state index contributed by atoms with van der Waals surface area (Å²) in [4.78, 5) is 18.1. The quantitative estimate of drug-likeness (QED) is 0.478. The molecule has 3 heterocycles. The molecule has 0 atom stereocenters. The Labute approximate surface area is 197 Å². The number of hydrogen-bond acceptors (Lipinski definition) is 6. The van der Waals surface area contributed by atoms with Gasteiger partial charge in [-0.05, 0) is 48.0 Å². The molecule has 1 aliphatic heterocycles. The number of fused-ring (bicyclic) bond motifs is 2. The molecule has 0 unspecified atom stereocenters. The molecule has 5 rings (SSSR count). The van der Waals surface area contributed by atoms with Crippen LogP contribution in [0.4, 0.5) is 0 Å². The lowest BCUT2D eigenvalue weighted by atomic mass is 9.93. The SMILES string of the molecule is COc1ccc(-c2cc(C(=O)NCc3ccc4c(c3)OCO4)n3nc(C(C)(C)C)cc3n2)cc1. The normalized spacial score (nSPS) is 12.7. The van der Waals surface area contributed by atoms with Crippen molar-refractivity contribution in [1.29, 1.82) is 0 Å². The molecule has 0 fully saturated rings. The zero-order chi connectivity index (χ0) is 23.9. The number of nitrogens with one attached hydrogen (secondary N) is 1.